The molecular weight excluding hydrogens is 386 g/mol. The van der Waals surface area contributed by atoms with Gasteiger partial charge in [-0.05, 0) is 31.3 Å². The van der Waals surface area contributed by atoms with E-state index >= 15 is 0 Å². The van der Waals surface area contributed by atoms with Crippen LogP contribution in [0.15, 0.2) is 47.5 Å². The number of methoxy groups -OCH3 is 1. The second kappa shape index (κ2) is 9.17. The van der Waals surface area contributed by atoms with Crippen molar-refractivity contribution in [2.24, 2.45) is 16.6 Å². The second-order valence-corrected chi connectivity index (χ2v) is 7.16. The molecule has 0 unspecified atom stereocenters. The van der Waals surface area contributed by atoms with Crippen molar-refractivity contribution in [3.8, 4) is 16.9 Å². The summed E-state index contributed by atoms with van der Waals surface area (Å²) in [6.45, 7) is 5.33. The Morgan fingerprint density at radius 2 is 2.10 bits per heavy atom. The monoisotopic (exact) mass is 411 g/mol. The Hall–Kier alpha value is -3.07. The van der Waals surface area contributed by atoms with Crippen molar-refractivity contribution >= 4 is 18.5 Å². The van der Waals surface area contributed by atoms with Gasteiger partial charge in [0, 0.05) is 22.6 Å². The number of carbonyl (C=O) groups excluding carboxylic acids is 2. The highest BCUT2D eigenvalue weighted by atomic mass is 16.7. The Bertz CT molecular complexity index is 960. The molecule has 1 heterocycles. The summed E-state index contributed by atoms with van der Waals surface area (Å²) >= 11 is 0. The number of hydrogen-bond acceptors (Lipinski definition) is 6. The van der Waals surface area contributed by atoms with E-state index in [2.05, 4.69) is 11.7 Å². The maximum atomic E-state index is 12.0. The van der Waals surface area contributed by atoms with Gasteiger partial charge >= 0.3 is 0 Å². The van der Waals surface area contributed by atoms with Crippen LogP contribution >= 0.6 is 0 Å². The zero-order valence-corrected chi connectivity index (χ0v) is 16.9. The molecule has 3 atom stereocenters. The lowest BCUT2D eigenvalue weighted by Gasteiger charge is -2.25. The molecule has 8 heteroatoms. The van der Waals surface area contributed by atoms with Gasteiger partial charge in [-0.25, -0.2) is 4.99 Å². The number of aliphatic hydroxyl groups is 1. The molecular formula is C22H25N3O5. The molecule has 8 nitrogen and oxygen atoms in total. The van der Waals surface area contributed by atoms with Crippen LogP contribution in [0.5, 0.6) is 5.75 Å². The number of para-hydroxylation sites is 1. The van der Waals surface area contributed by atoms with Gasteiger partial charge < -0.3 is 15.6 Å². The fourth-order valence-electron chi connectivity index (χ4n) is 3.72. The lowest BCUT2D eigenvalue weighted by atomic mass is 9.95. The van der Waals surface area contributed by atoms with Gasteiger partial charge in [-0.1, -0.05) is 30.3 Å². The largest absolute Gasteiger partial charge is 0.496 e. The first-order chi connectivity index (χ1) is 14.4. The van der Waals surface area contributed by atoms with Crippen LogP contribution in [0, 0.1) is 5.92 Å². The van der Waals surface area contributed by atoms with Crippen molar-refractivity contribution in [2.75, 3.05) is 13.7 Å². The Balaban J connectivity index is 1.96. The number of nitrogens with two attached hydrogens (primary N) is 1. The predicted octanol–water partition coefficient (Wildman–Crippen LogP) is 1.80. The minimum absolute atomic E-state index is 0.200. The van der Waals surface area contributed by atoms with Crippen LogP contribution in [-0.4, -0.2) is 54.6 Å². The summed E-state index contributed by atoms with van der Waals surface area (Å²) in [5.41, 5.74) is 8.31. The summed E-state index contributed by atoms with van der Waals surface area (Å²) in [7, 11) is 1.55. The SMILES string of the molecule is C=NC(=O)c1cccc(-c2cccc(CN3OC[C@@H]([C@H](C)O)[C@H]3C(N)=O)c2OC)c1. The first-order valence-electron chi connectivity index (χ1n) is 9.51. The number of carbonyl (C=O) groups is 2. The van der Waals surface area contributed by atoms with Crippen LogP contribution in [-0.2, 0) is 16.2 Å². The lowest BCUT2D eigenvalue weighted by molar-refractivity contribution is -0.155. The summed E-state index contributed by atoms with van der Waals surface area (Å²) in [6.07, 6.45) is -0.737. The molecule has 1 fully saturated rings. The van der Waals surface area contributed by atoms with E-state index < -0.39 is 29.9 Å². The Morgan fingerprint density at radius 1 is 1.37 bits per heavy atom. The smallest absolute Gasteiger partial charge is 0.276 e. The average molecular weight is 411 g/mol. The normalized spacial score (nSPS) is 20.0. The van der Waals surface area contributed by atoms with E-state index in [0.29, 0.717) is 11.3 Å². The molecule has 2 aromatic rings. The number of rotatable bonds is 7. The first kappa shape index (κ1) is 21.6. The number of amides is 2. The Kier molecular flexibility index (Phi) is 6.61. The highest BCUT2D eigenvalue weighted by Gasteiger charge is 2.42. The first-order valence-corrected chi connectivity index (χ1v) is 9.51. The van der Waals surface area contributed by atoms with Crippen LogP contribution < -0.4 is 10.5 Å². The average Bonchev–Trinajstić information content (AvgIpc) is 3.17. The van der Waals surface area contributed by atoms with Crippen LogP contribution in [0.4, 0.5) is 0 Å². The number of primary amides is 1. The molecule has 0 bridgehead atoms. The van der Waals surface area contributed by atoms with Crippen LogP contribution in [0.3, 0.4) is 0 Å². The summed E-state index contributed by atoms with van der Waals surface area (Å²) in [5.74, 6) is -0.797. The molecule has 2 amide bonds. The highest BCUT2D eigenvalue weighted by Crippen LogP contribution is 2.36. The quantitative estimate of drug-likeness (QED) is 0.672. The minimum atomic E-state index is -0.752. The number of hydrogen-bond donors (Lipinski definition) is 2. The molecule has 1 aliphatic heterocycles. The zero-order chi connectivity index (χ0) is 21.8. The fraction of sp³-hybridized carbons (Fsp3) is 0.318. The van der Waals surface area contributed by atoms with Gasteiger partial charge in [0.15, 0.2) is 0 Å². The van der Waals surface area contributed by atoms with E-state index in [1.54, 1.807) is 32.2 Å². The van der Waals surface area contributed by atoms with E-state index in [0.717, 1.165) is 16.7 Å². The molecule has 0 aliphatic carbocycles. The van der Waals surface area contributed by atoms with Crippen molar-refractivity contribution in [1.82, 2.24) is 5.06 Å². The Morgan fingerprint density at radius 3 is 2.73 bits per heavy atom. The minimum Gasteiger partial charge on any atom is -0.496 e. The van der Waals surface area contributed by atoms with E-state index in [9.17, 15) is 14.7 Å². The second-order valence-electron chi connectivity index (χ2n) is 7.16. The van der Waals surface area contributed by atoms with Crippen molar-refractivity contribution in [1.29, 1.82) is 0 Å². The molecule has 0 aromatic heterocycles. The van der Waals surface area contributed by atoms with Gasteiger partial charge in [-0.15, -0.1) is 0 Å². The van der Waals surface area contributed by atoms with Crippen molar-refractivity contribution < 1.29 is 24.3 Å². The van der Waals surface area contributed by atoms with Gasteiger partial charge in [0.2, 0.25) is 5.91 Å². The van der Waals surface area contributed by atoms with Gasteiger partial charge in [0.05, 0.1) is 26.4 Å². The van der Waals surface area contributed by atoms with E-state index in [1.807, 2.05) is 24.3 Å². The summed E-state index contributed by atoms with van der Waals surface area (Å²) < 4.78 is 5.67. The lowest BCUT2D eigenvalue weighted by Crippen LogP contribution is -2.45. The number of hydroxylamine groups is 2. The molecule has 0 spiro atoms. The van der Waals surface area contributed by atoms with E-state index in [4.69, 9.17) is 15.3 Å². The number of aliphatic imine (C=N–C) groups is 1. The molecule has 30 heavy (non-hydrogen) atoms. The number of ether oxygens (including phenoxy) is 1. The molecule has 1 aliphatic rings. The predicted molar refractivity (Wildman–Crippen MR) is 112 cm³/mol. The third kappa shape index (κ3) is 4.25. The van der Waals surface area contributed by atoms with E-state index in [-0.39, 0.29) is 13.2 Å². The van der Waals surface area contributed by atoms with Crippen molar-refractivity contribution in [2.45, 2.75) is 25.6 Å². The highest BCUT2D eigenvalue weighted by molar-refractivity contribution is 5.98. The molecule has 1 saturated heterocycles. The Labute approximate surface area is 174 Å². The summed E-state index contributed by atoms with van der Waals surface area (Å²) in [6, 6.07) is 11.9. The molecule has 3 N–H and O–H groups in total. The summed E-state index contributed by atoms with van der Waals surface area (Å²) in [5, 5.41) is 11.5. The van der Waals surface area contributed by atoms with Gasteiger partial charge in [-0.2, -0.15) is 5.06 Å². The maximum Gasteiger partial charge on any atom is 0.276 e. The van der Waals surface area contributed by atoms with Crippen molar-refractivity contribution in [3.63, 3.8) is 0 Å². The van der Waals surface area contributed by atoms with Crippen molar-refractivity contribution in [3.05, 3.63) is 53.6 Å². The standard InChI is InChI=1S/C22H25N3O5/c1-13(26)18-12-30-25(19(18)21(23)27)11-16-8-5-9-17(20(16)29-3)14-6-4-7-15(10-14)22(28)24-2/h4-10,13,18-19,26H,2,11-12H2,1,3H3,(H2,23,27)/t13-,18-,19-/m0/s1. The molecule has 0 radical (unpaired) electrons. The van der Waals surface area contributed by atoms with Gasteiger partial charge in [0.1, 0.15) is 11.8 Å². The zero-order valence-electron chi connectivity index (χ0n) is 16.9. The maximum absolute atomic E-state index is 12.0. The molecule has 158 valence electrons. The number of nitrogens with zero attached hydrogens (tertiary/aromatic N) is 2. The van der Waals surface area contributed by atoms with Crippen LogP contribution in [0.25, 0.3) is 11.1 Å². The van der Waals surface area contributed by atoms with Crippen LogP contribution in [0.2, 0.25) is 0 Å². The summed E-state index contributed by atoms with van der Waals surface area (Å²) in [4.78, 5) is 33.0. The number of aliphatic hydroxyl groups excluding tert-OH is 1. The third-order valence-corrected chi connectivity index (χ3v) is 5.25. The van der Waals surface area contributed by atoms with Gasteiger partial charge in [0.25, 0.3) is 5.91 Å². The molecule has 0 saturated carbocycles. The third-order valence-electron chi connectivity index (χ3n) is 5.25. The fourth-order valence-corrected chi connectivity index (χ4v) is 3.72. The molecule has 2 aromatic carbocycles. The molecule has 3 rings (SSSR count). The topological polar surface area (TPSA) is 114 Å². The van der Waals surface area contributed by atoms with E-state index in [1.165, 1.54) is 5.06 Å². The van der Waals surface area contributed by atoms with Gasteiger partial charge in [-0.3, -0.25) is 14.4 Å². The number of benzene rings is 2. The van der Waals surface area contributed by atoms with Crippen LogP contribution in [0.1, 0.15) is 22.8 Å².